The Balaban J connectivity index is 1.67. The van der Waals surface area contributed by atoms with Crippen LogP contribution in [0.2, 0.25) is 5.02 Å². The fourth-order valence-electron chi connectivity index (χ4n) is 5.65. The second-order valence-corrected chi connectivity index (χ2v) is 10.6. The number of benzene rings is 1. The molecule has 2 fully saturated rings. The average molecular weight is 510 g/mol. The molecular formula is C27H44ClN3O4. The van der Waals surface area contributed by atoms with E-state index in [-0.39, 0.29) is 24.6 Å². The Labute approximate surface area is 215 Å². The Morgan fingerprint density at radius 1 is 1.23 bits per heavy atom. The summed E-state index contributed by atoms with van der Waals surface area (Å²) >= 11 is 6.27. The fraction of sp³-hybridized carbons (Fsp3) is 0.741. The van der Waals surface area contributed by atoms with Crippen LogP contribution in [0.25, 0.3) is 0 Å². The van der Waals surface area contributed by atoms with Gasteiger partial charge in [0.2, 0.25) is 0 Å². The maximum Gasteiger partial charge on any atom is 0.317 e. The largest absolute Gasteiger partial charge is 0.382 e. The summed E-state index contributed by atoms with van der Waals surface area (Å²) in [6.45, 7) is 2.90. The van der Waals surface area contributed by atoms with E-state index in [9.17, 15) is 9.90 Å². The van der Waals surface area contributed by atoms with Gasteiger partial charge in [-0.15, -0.1) is 0 Å². The van der Waals surface area contributed by atoms with Gasteiger partial charge in [-0.25, -0.2) is 4.79 Å². The minimum atomic E-state index is -1.25. The molecule has 1 saturated carbocycles. The highest BCUT2D eigenvalue weighted by Crippen LogP contribution is 2.37. The highest BCUT2D eigenvalue weighted by Gasteiger charge is 2.42. The topological polar surface area (TPSA) is 83.1 Å². The molecular weight excluding hydrogens is 466 g/mol. The van der Waals surface area contributed by atoms with Crippen molar-refractivity contribution in [3.05, 3.63) is 34.9 Å². The second-order valence-electron chi connectivity index (χ2n) is 10.2. The van der Waals surface area contributed by atoms with E-state index in [1.165, 1.54) is 32.1 Å². The molecule has 2 aliphatic rings. The lowest BCUT2D eigenvalue weighted by molar-refractivity contribution is -0.108. The van der Waals surface area contributed by atoms with Crippen LogP contribution in [0.15, 0.2) is 24.3 Å². The number of nitrogens with zero attached hydrogens (tertiary/aromatic N) is 1. The van der Waals surface area contributed by atoms with Crippen molar-refractivity contribution in [2.75, 3.05) is 53.6 Å². The van der Waals surface area contributed by atoms with Crippen LogP contribution in [0, 0.1) is 11.8 Å². The van der Waals surface area contributed by atoms with Gasteiger partial charge in [0.05, 0.1) is 19.8 Å². The van der Waals surface area contributed by atoms with E-state index in [4.69, 9.17) is 21.1 Å². The van der Waals surface area contributed by atoms with Crippen LogP contribution in [-0.2, 0) is 15.1 Å². The van der Waals surface area contributed by atoms with Crippen molar-refractivity contribution in [2.45, 2.75) is 63.0 Å². The predicted octanol–water partition coefficient (Wildman–Crippen LogP) is 4.17. The molecule has 0 spiro atoms. The van der Waals surface area contributed by atoms with Crippen molar-refractivity contribution in [3.63, 3.8) is 0 Å². The van der Waals surface area contributed by atoms with Crippen molar-refractivity contribution in [2.24, 2.45) is 11.8 Å². The summed E-state index contributed by atoms with van der Waals surface area (Å²) in [6, 6.07) is 7.40. The van der Waals surface area contributed by atoms with Gasteiger partial charge in [-0.05, 0) is 49.9 Å². The van der Waals surface area contributed by atoms with Crippen LogP contribution in [-0.4, -0.2) is 75.7 Å². The van der Waals surface area contributed by atoms with Gasteiger partial charge in [0.1, 0.15) is 5.60 Å². The van der Waals surface area contributed by atoms with Gasteiger partial charge in [0.25, 0.3) is 0 Å². The first-order chi connectivity index (χ1) is 17.0. The molecule has 0 aromatic heterocycles. The first-order valence-corrected chi connectivity index (χ1v) is 13.6. The molecule has 1 heterocycles. The van der Waals surface area contributed by atoms with Gasteiger partial charge < -0.3 is 30.1 Å². The maximum atomic E-state index is 13.3. The number of ether oxygens (including phenoxy) is 2. The van der Waals surface area contributed by atoms with Crippen molar-refractivity contribution >= 4 is 17.6 Å². The zero-order chi connectivity index (χ0) is 25.1. The number of halogens is 1. The van der Waals surface area contributed by atoms with Crippen molar-refractivity contribution in [3.8, 4) is 0 Å². The van der Waals surface area contributed by atoms with Crippen LogP contribution >= 0.6 is 11.6 Å². The first kappa shape index (κ1) is 28.2. The standard InChI is InChI=1S/C27H44ClN3O4/c1-29-18-25(16-21-8-4-3-5-9-21)30-26(32)31-13-7-11-23(19-31)27(33,20-35-15-14-34-2)22-10-6-12-24(28)17-22/h6,10,12,17,21,23,25,29,33H,3-5,7-9,11,13-16,18-20H2,1-2H3,(H,30,32)/t23-,25?,27-/m1/s1. The summed E-state index contributed by atoms with van der Waals surface area (Å²) in [5.41, 5.74) is -0.524. The summed E-state index contributed by atoms with van der Waals surface area (Å²) in [6.07, 6.45) is 9.11. The number of urea groups is 1. The number of likely N-dealkylation sites (N-methyl/N-ethyl adjacent to an activating group) is 1. The monoisotopic (exact) mass is 509 g/mol. The molecule has 2 amide bonds. The molecule has 7 nitrogen and oxygen atoms in total. The van der Waals surface area contributed by atoms with Gasteiger partial charge in [-0.1, -0.05) is 55.8 Å². The lowest BCUT2D eigenvalue weighted by Crippen LogP contribution is -2.54. The Kier molecular flexibility index (Phi) is 11.6. The smallest absolute Gasteiger partial charge is 0.317 e. The predicted molar refractivity (Wildman–Crippen MR) is 140 cm³/mol. The summed E-state index contributed by atoms with van der Waals surface area (Å²) in [5.74, 6) is 0.526. The summed E-state index contributed by atoms with van der Waals surface area (Å²) in [7, 11) is 3.56. The molecule has 1 aromatic carbocycles. The Morgan fingerprint density at radius 3 is 2.74 bits per heavy atom. The number of carbonyl (C=O) groups is 1. The number of likely N-dealkylation sites (tertiary alicyclic amines) is 1. The van der Waals surface area contributed by atoms with Gasteiger partial charge in [0.15, 0.2) is 0 Å². The highest BCUT2D eigenvalue weighted by molar-refractivity contribution is 6.30. The van der Waals surface area contributed by atoms with Crippen molar-refractivity contribution < 1.29 is 19.4 Å². The Hall–Kier alpha value is -1.38. The van der Waals surface area contributed by atoms with Gasteiger partial charge >= 0.3 is 6.03 Å². The molecule has 1 unspecified atom stereocenters. The van der Waals surface area contributed by atoms with E-state index in [0.29, 0.717) is 37.2 Å². The van der Waals surface area contributed by atoms with Crippen molar-refractivity contribution in [1.29, 1.82) is 0 Å². The van der Waals surface area contributed by atoms with E-state index in [1.54, 1.807) is 19.2 Å². The minimum absolute atomic E-state index is 0.0421. The minimum Gasteiger partial charge on any atom is -0.382 e. The number of hydrogen-bond acceptors (Lipinski definition) is 5. The molecule has 35 heavy (non-hydrogen) atoms. The number of carbonyl (C=O) groups excluding carboxylic acids is 1. The van der Waals surface area contributed by atoms with Crippen LogP contribution in [0.3, 0.4) is 0 Å². The zero-order valence-corrected chi connectivity index (χ0v) is 22.2. The van der Waals surface area contributed by atoms with Gasteiger partial charge in [0, 0.05) is 43.7 Å². The molecule has 1 aliphatic carbocycles. The fourth-order valence-corrected chi connectivity index (χ4v) is 5.84. The number of nitrogens with one attached hydrogen (secondary N) is 2. The first-order valence-electron chi connectivity index (χ1n) is 13.2. The number of rotatable bonds is 12. The molecule has 3 N–H and O–H groups in total. The lowest BCUT2D eigenvalue weighted by atomic mass is 9.77. The molecule has 0 bridgehead atoms. The SMILES string of the molecule is CNCC(CC1CCCCC1)NC(=O)N1CCC[C@@H]([C@@](O)(COCCOC)c2cccc(Cl)c2)C1. The molecule has 198 valence electrons. The Bertz CT molecular complexity index is 777. The Morgan fingerprint density at radius 2 is 2.03 bits per heavy atom. The molecule has 8 heteroatoms. The summed E-state index contributed by atoms with van der Waals surface area (Å²) in [5, 5.41) is 19.0. The summed E-state index contributed by atoms with van der Waals surface area (Å²) in [4.78, 5) is 15.2. The number of methoxy groups -OCH3 is 1. The number of piperidine rings is 1. The van der Waals surface area contributed by atoms with E-state index in [1.807, 2.05) is 24.1 Å². The molecule has 1 aromatic rings. The van der Waals surface area contributed by atoms with Crippen LogP contribution < -0.4 is 10.6 Å². The third-order valence-corrected chi connectivity index (χ3v) is 7.82. The van der Waals surface area contributed by atoms with E-state index >= 15 is 0 Å². The third-order valence-electron chi connectivity index (χ3n) is 7.58. The summed E-state index contributed by atoms with van der Waals surface area (Å²) < 4.78 is 10.9. The molecule has 1 aliphatic heterocycles. The number of hydrogen-bond donors (Lipinski definition) is 3. The van der Waals surface area contributed by atoms with E-state index < -0.39 is 5.60 Å². The van der Waals surface area contributed by atoms with Crippen LogP contribution in [0.4, 0.5) is 4.79 Å². The van der Waals surface area contributed by atoms with Crippen LogP contribution in [0.1, 0.15) is 56.9 Å². The maximum absolute atomic E-state index is 13.3. The molecule has 0 radical (unpaired) electrons. The normalized spacial score (nSPS) is 21.9. The number of aliphatic hydroxyl groups is 1. The van der Waals surface area contributed by atoms with E-state index in [2.05, 4.69) is 10.6 Å². The van der Waals surface area contributed by atoms with Crippen LogP contribution in [0.5, 0.6) is 0 Å². The second kappa shape index (κ2) is 14.4. The quantitative estimate of drug-likeness (QED) is 0.368. The van der Waals surface area contributed by atoms with E-state index in [0.717, 1.165) is 31.4 Å². The number of amides is 2. The highest BCUT2D eigenvalue weighted by atomic mass is 35.5. The zero-order valence-electron chi connectivity index (χ0n) is 21.4. The molecule has 1 saturated heterocycles. The van der Waals surface area contributed by atoms with Crippen molar-refractivity contribution in [1.82, 2.24) is 15.5 Å². The van der Waals surface area contributed by atoms with Gasteiger partial charge in [-0.2, -0.15) is 0 Å². The lowest BCUT2D eigenvalue weighted by Gasteiger charge is -2.43. The molecule has 3 atom stereocenters. The third kappa shape index (κ3) is 8.32. The van der Waals surface area contributed by atoms with Gasteiger partial charge in [-0.3, -0.25) is 0 Å². The average Bonchev–Trinajstić information content (AvgIpc) is 2.87. The molecule has 3 rings (SSSR count).